The molecule has 1 aliphatic rings. The fourth-order valence-corrected chi connectivity index (χ4v) is 3.68. The number of hydrogen-bond acceptors (Lipinski definition) is 6. The first kappa shape index (κ1) is 17.6. The van der Waals surface area contributed by atoms with E-state index in [9.17, 15) is 4.79 Å². The average Bonchev–Trinajstić information content (AvgIpc) is 3.39. The van der Waals surface area contributed by atoms with E-state index in [2.05, 4.69) is 40.9 Å². The van der Waals surface area contributed by atoms with Gasteiger partial charge in [-0.3, -0.25) is 14.7 Å². The number of nitrogens with one attached hydrogen (secondary N) is 2. The molecule has 2 N–H and O–H groups in total. The first-order valence-electron chi connectivity index (χ1n) is 9.67. The van der Waals surface area contributed by atoms with Crippen LogP contribution in [0.3, 0.4) is 0 Å². The molecule has 0 unspecified atom stereocenters. The number of rotatable bonds is 4. The molecule has 0 spiro atoms. The molecule has 1 aliphatic heterocycles. The Morgan fingerprint density at radius 2 is 2.00 bits per heavy atom. The Hall–Kier alpha value is -3.46. The minimum absolute atomic E-state index is 0.0655. The lowest BCUT2D eigenvalue weighted by Gasteiger charge is -2.35. The molecule has 0 saturated carbocycles. The fourth-order valence-electron chi connectivity index (χ4n) is 3.68. The molecular weight excluding hydrogens is 368 g/mol. The van der Waals surface area contributed by atoms with Crippen LogP contribution < -0.4 is 10.5 Å². The van der Waals surface area contributed by atoms with Crippen molar-refractivity contribution >= 4 is 11.3 Å². The number of piperazine rings is 1. The minimum atomic E-state index is -0.0655. The van der Waals surface area contributed by atoms with Crippen LogP contribution in [0.25, 0.3) is 17.2 Å². The van der Waals surface area contributed by atoms with Crippen molar-refractivity contribution in [1.29, 1.82) is 0 Å². The Kier molecular flexibility index (Phi) is 4.36. The van der Waals surface area contributed by atoms with Crippen molar-refractivity contribution in [2.75, 3.05) is 31.1 Å². The van der Waals surface area contributed by atoms with Gasteiger partial charge in [-0.1, -0.05) is 0 Å². The van der Waals surface area contributed by atoms with Crippen molar-refractivity contribution in [3.8, 4) is 11.5 Å². The van der Waals surface area contributed by atoms with Crippen LogP contribution in [0.2, 0.25) is 0 Å². The van der Waals surface area contributed by atoms with Gasteiger partial charge < -0.3 is 14.9 Å². The van der Waals surface area contributed by atoms with E-state index < -0.39 is 0 Å². The summed E-state index contributed by atoms with van der Waals surface area (Å²) in [5, 5.41) is 4.59. The number of aryl methyl sites for hydroxylation is 1. The molecule has 5 heterocycles. The quantitative estimate of drug-likeness (QED) is 0.547. The minimum Gasteiger partial charge on any atom is -0.368 e. The van der Waals surface area contributed by atoms with Crippen LogP contribution >= 0.6 is 0 Å². The molecule has 0 aromatic carbocycles. The lowest BCUT2D eigenvalue weighted by molar-refractivity contribution is 0.247. The van der Waals surface area contributed by atoms with E-state index in [1.54, 1.807) is 30.0 Å². The van der Waals surface area contributed by atoms with Gasteiger partial charge in [0.25, 0.3) is 5.56 Å². The third kappa shape index (κ3) is 3.52. The lowest BCUT2D eigenvalue weighted by Crippen LogP contribution is -2.46. The van der Waals surface area contributed by atoms with E-state index in [1.165, 1.54) is 0 Å². The van der Waals surface area contributed by atoms with Gasteiger partial charge in [-0.25, -0.2) is 9.50 Å². The van der Waals surface area contributed by atoms with Crippen molar-refractivity contribution in [2.24, 2.45) is 0 Å². The Morgan fingerprint density at radius 3 is 2.72 bits per heavy atom. The summed E-state index contributed by atoms with van der Waals surface area (Å²) in [6.07, 6.45) is 7.21. The second kappa shape index (κ2) is 7.17. The highest BCUT2D eigenvalue weighted by atomic mass is 16.1. The normalized spacial score (nSPS) is 15.3. The summed E-state index contributed by atoms with van der Waals surface area (Å²) >= 11 is 0. The number of anilines is 1. The summed E-state index contributed by atoms with van der Waals surface area (Å²) in [6, 6.07) is 6.05. The van der Waals surface area contributed by atoms with E-state index >= 15 is 0 Å². The Balaban J connectivity index is 1.22. The van der Waals surface area contributed by atoms with Crippen LogP contribution in [-0.2, 0) is 6.54 Å². The molecule has 29 heavy (non-hydrogen) atoms. The zero-order chi connectivity index (χ0) is 19.8. The molecule has 0 atom stereocenters. The van der Waals surface area contributed by atoms with Crippen LogP contribution in [0.1, 0.15) is 11.3 Å². The van der Waals surface area contributed by atoms with Crippen molar-refractivity contribution in [3.05, 3.63) is 64.6 Å². The third-order valence-corrected chi connectivity index (χ3v) is 5.31. The molecule has 1 saturated heterocycles. The molecule has 4 aromatic heterocycles. The molecule has 4 aromatic rings. The first-order chi connectivity index (χ1) is 14.2. The first-order valence-corrected chi connectivity index (χ1v) is 9.67. The number of fused-ring (bicyclic) bond motifs is 1. The molecule has 0 radical (unpaired) electrons. The highest BCUT2D eigenvalue weighted by Crippen LogP contribution is 2.19. The number of aromatic nitrogens is 6. The van der Waals surface area contributed by atoms with Crippen LogP contribution in [0, 0.1) is 6.92 Å². The molecule has 0 amide bonds. The third-order valence-electron chi connectivity index (χ3n) is 5.31. The van der Waals surface area contributed by atoms with Crippen LogP contribution in [0.4, 0.5) is 5.69 Å². The molecule has 0 bridgehead atoms. The van der Waals surface area contributed by atoms with Gasteiger partial charge in [0.1, 0.15) is 11.3 Å². The molecule has 9 heteroatoms. The summed E-state index contributed by atoms with van der Waals surface area (Å²) in [5.74, 6) is 0.783. The van der Waals surface area contributed by atoms with Crippen molar-refractivity contribution in [2.45, 2.75) is 13.5 Å². The highest BCUT2D eigenvalue weighted by Gasteiger charge is 2.19. The van der Waals surface area contributed by atoms with E-state index in [1.807, 2.05) is 18.3 Å². The van der Waals surface area contributed by atoms with Crippen molar-refractivity contribution in [3.63, 3.8) is 0 Å². The van der Waals surface area contributed by atoms with E-state index in [4.69, 9.17) is 0 Å². The number of pyridine rings is 1. The van der Waals surface area contributed by atoms with Gasteiger partial charge in [-0.2, -0.15) is 5.10 Å². The number of H-pyrrole nitrogens is 2. The topological polar surface area (TPSA) is 98.2 Å². The molecular formula is C20H22N8O. The zero-order valence-electron chi connectivity index (χ0n) is 16.2. The second-order valence-corrected chi connectivity index (χ2v) is 7.33. The number of hydrogen-bond donors (Lipinski definition) is 2. The van der Waals surface area contributed by atoms with Crippen LogP contribution in [-0.4, -0.2) is 60.6 Å². The van der Waals surface area contributed by atoms with Gasteiger partial charge in [0, 0.05) is 62.9 Å². The van der Waals surface area contributed by atoms with Gasteiger partial charge in [0.2, 0.25) is 0 Å². The van der Waals surface area contributed by atoms with Crippen molar-refractivity contribution < 1.29 is 0 Å². The van der Waals surface area contributed by atoms with Gasteiger partial charge in [0.05, 0.1) is 17.6 Å². The molecule has 5 rings (SSSR count). The monoisotopic (exact) mass is 390 g/mol. The predicted octanol–water partition coefficient (Wildman–Crippen LogP) is 1.44. The maximum atomic E-state index is 11.8. The largest absolute Gasteiger partial charge is 0.368 e. The molecule has 148 valence electrons. The van der Waals surface area contributed by atoms with Gasteiger partial charge in [-0.15, -0.1) is 0 Å². The van der Waals surface area contributed by atoms with Gasteiger partial charge >= 0.3 is 0 Å². The van der Waals surface area contributed by atoms with Gasteiger partial charge in [-0.05, 0) is 19.1 Å². The summed E-state index contributed by atoms with van der Waals surface area (Å²) in [7, 11) is 0. The van der Waals surface area contributed by atoms with Gasteiger partial charge in [0.15, 0.2) is 5.82 Å². The van der Waals surface area contributed by atoms with Crippen LogP contribution in [0.5, 0.6) is 0 Å². The maximum absolute atomic E-state index is 11.8. The molecule has 0 aliphatic carbocycles. The summed E-state index contributed by atoms with van der Waals surface area (Å²) < 4.78 is 1.74. The fraction of sp³-hybridized carbons (Fsp3) is 0.300. The predicted molar refractivity (Wildman–Crippen MR) is 110 cm³/mol. The van der Waals surface area contributed by atoms with Crippen LogP contribution in [0.15, 0.2) is 47.8 Å². The van der Waals surface area contributed by atoms with E-state index in [-0.39, 0.29) is 5.56 Å². The second-order valence-electron chi connectivity index (χ2n) is 7.33. The van der Waals surface area contributed by atoms with E-state index in [0.29, 0.717) is 5.56 Å². The Morgan fingerprint density at radius 1 is 1.14 bits per heavy atom. The number of aromatic amines is 2. The highest BCUT2D eigenvalue weighted by molar-refractivity contribution is 5.54. The standard InChI is InChI=1S/C20H22N8O/c1-14-12-28-18(24-20(14)29)10-15(25-28)13-26-6-8-27(9-7-26)16-2-3-17(23-11-16)19-21-4-5-22-19/h2-5,10-12H,6-9,13H2,1H3,(H,21,22)(H,24,29). The Labute approximate surface area is 167 Å². The lowest BCUT2D eigenvalue weighted by atomic mass is 10.2. The maximum Gasteiger partial charge on any atom is 0.254 e. The number of nitrogens with zero attached hydrogens (tertiary/aromatic N) is 6. The zero-order valence-corrected chi connectivity index (χ0v) is 16.2. The summed E-state index contributed by atoms with van der Waals surface area (Å²) in [6.45, 7) is 6.32. The average molecular weight is 390 g/mol. The summed E-state index contributed by atoms with van der Waals surface area (Å²) in [4.78, 5) is 31.2. The molecule has 9 nitrogen and oxygen atoms in total. The smallest absolute Gasteiger partial charge is 0.254 e. The Bertz CT molecular complexity index is 1170. The number of imidazole rings is 1. The SMILES string of the molecule is Cc1cn2nc(CN3CCN(c4ccc(-c5ncc[nH]5)nc4)CC3)cc2[nH]c1=O. The van der Waals surface area contributed by atoms with E-state index in [0.717, 1.165) is 61.3 Å². The summed E-state index contributed by atoms with van der Waals surface area (Å²) in [5.41, 5.74) is 4.26. The molecule has 1 fully saturated rings. The van der Waals surface area contributed by atoms with Crippen molar-refractivity contribution in [1.82, 2.24) is 34.4 Å².